The monoisotopic (exact) mass is 293 g/mol. The Labute approximate surface area is 129 Å². The summed E-state index contributed by atoms with van der Waals surface area (Å²) in [5, 5.41) is 0. The Bertz CT molecular complexity index is 408. The molecule has 1 amide bonds. The van der Waals surface area contributed by atoms with Crippen molar-refractivity contribution in [1.29, 1.82) is 0 Å². The molecule has 0 aromatic carbocycles. The molecule has 0 spiro atoms. The number of carbonyl (C=O) groups excluding carboxylic acids is 1. The van der Waals surface area contributed by atoms with Gasteiger partial charge in [-0.1, -0.05) is 33.3 Å². The minimum atomic E-state index is -0.0677. The molecule has 0 saturated heterocycles. The lowest BCUT2D eigenvalue weighted by Gasteiger charge is -2.24. The van der Waals surface area contributed by atoms with Crippen LogP contribution in [-0.4, -0.2) is 30.1 Å². The Morgan fingerprint density at radius 1 is 1.24 bits per heavy atom. The maximum Gasteiger partial charge on any atom is 0.241 e. The second-order valence-electron chi connectivity index (χ2n) is 5.04. The van der Waals surface area contributed by atoms with Crippen molar-refractivity contribution in [3.05, 3.63) is 23.0 Å². The van der Waals surface area contributed by atoms with E-state index in [0.29, 0.717) is 6.54 Å². The molecule has 0 aromatic rings. The Hall–Kier alpha value is -1.42. The fourth-order valence-electron chi connectivity index (χ4n) is 1.86. The standard InChI is InChI=1S/C17H31N3O/c1-6-10-11-20(16(21)12-18)17(14(5)7-2)19-13-15(8-3)9-4/h8,13H,6-7,9-12,18H2,1-5H3/b15-8-,17-14-,19-13-. The molecular formula is C17H31N3O. The molecule has 0 radical (unpaired) electrons. The van der Waals surface area contributed by atoms with Gasteiger partial charge in [0.25, 0.3) is 0 Å². The van der Waals surface area contributed by atoms with Crippen molar-refractivity contribution in [2.24, 2.45) is 10.7 Å². The van der Waals surface area contributed by atoms with Crippen molar-refractivity contribution in [1.82, 2.24) is 4.90 Å². The Balaban J connectivity index is 5.50. The molecule has 4 heteroatoms. The van der Waals surface area contributed by atoms with Gasteiger partial charge in [-0.15, -0.1) is 0 Å². The molecule has 2 N–H and O–H groups in total. The van der Waals surface area contributed by atoms with E-state index in [1.165, 1.54) is 0 Å². The second-order valence-corrected chi connectivity index (χ2v) is 5.04. The molecular weight excluding hydrogens is 262 g/mol. The van der Waals surface area contributed by atoms with Crippen molar-refractivity contribution in [2.45, 2.75) is 60.3 Å². The van der Waals surface area contributed by atoms with Crippen LogP contribution in [0, 0.1) is 0 Å². The number of nitrogens with zero attached hydrogens (tertiary/aromatic N) is 2. The number of amides is 1. The molecule has 0 unspecified atom stereocenters. The van der Waals surface area contributed by atoms with Gasteiger partial charge in [0.1, 0.15) is 5.82 Å². The zero-order chi connectivity index (χ0) is 16.3. The molecule has 0 aromatic heterocycles. The first kappa shape index (κ1) is 19.6. The van der Waals surface area contributed by atoms with Crippen LogP contribution in [0.15, 0.2) is 28.0 Å². The maximum atomic E-state index is 12.1. The summed E-state index contributed by atoms with van der Waals surface area (Å²) in [6, 6.07) is 0. The van der Waals surface area contributed by atoms with Crippen LogP contribution in [0.2, 0.25) is 0 Å². The summed E-state index contributed by atoms with van der Waals surface area (Å²) in [6.07, 6.45) is 7.68. The Kier molecular flexibility index (Phi) is 10.5. The van der Waals surface area contributed by atoms with Gasteiger partial charge in [-0.3, -0.25) is 9.69 Å². The number of rotatable bonds is 9. The fourth-order valence-corrected chi connectivity index (χ4v) is 1.86. The zero-order valence-corrected chi connectivity index (χ0v) is 14.3. The molecule has 0 heterocycles. The number of nitrogens with two attached hydrogens (primary N) is 1. The first-order chi connectivity index (χ1) is 10.0. The van der Waals surface area contributed by atoms with Crippen molar-refractivity contribution in [3.8, 4) is 0 Å². The van der Waals surface area contributed by atoms with Crippen LogP contribution in [0.1, 0.15) is 60.3 Å². The van der Waals surface area contributed by atoms with Crippen molar-refractivity contribution >= 4 is 12.1 Å². The van der Waals surface area contributed by atoms with Crippen LogP contribution >= 0.6 is 0 Å². The highest BCUT2D eigenvalue weighted by Gasteiger charge is 2.17. The highest BCUT2D eigenvalue weighted by atomic mass is 16.2. The van der Waals surface area contributed by atoms with Crippen LogP contribution in [0.25, 0.3) is 0 Å². The third-order valence-corrected chi connectivity index (χ3v) is 3.51. The molecule has 4 nitrogen and oxygen atoms in total. The van der Waals surface area contributed by atoms with E-state index in [0.717, 1.165) is 42.7 Å². The summed E-state index contributed by atoms with van der Waals surface area (Å²) < 4.78 is 0. The van der Waals surface area contributed by atoms with Crippen LogP contribution < -0.4 is 5.73 Å². The molecule has 0 aliphatic carbocycles. The lowest BCUT2D eigenvalue weighted by Crippen LogP contribution is -2.36. The summed E-state index contributed by atoms with van der Waals surface area (Å²) in [6.45, 7) is 11.0. The summed E-state index contributed by atoms with van der Waals surface area (Å²) in [5.74, 6) is 0.691. The first-order valence-electron chi connectivity index (χ1n) is 7.94. The van der Waals surface area contributed by atoms with Crippen LogP contribution in [-0.2, 0) is 4.79 Å². The SMILES string of the molecule is C\C=C(/C=N\C(=C(/C)CC)N(CCCC)C(=O)CN)CC. The Morgan fingerprint density at radius 3 is 2.33 bits per heavy atom. The fraction of sp³-hybridized carbons (Fsp3) is 0.647. The first-order valence-corrected chi connectivity index (χ1v) is 7.94. The summed E-state index contributed by atoms with van der Waals surface area (Å²) in [5.41, 5.74) is 7.82. The second kappa shape index (κ2) is 11.3. The smallest absolute Gasteiger partial charge is 0.241 e. The van der Waals surface area contributed by atoms with Gasteiger partial charge >= 0.3 is 0 Å². The predicted octanol–water partition coefficient (Wildman–Crippen LogP) is 3.64. The summed E-state index contributed by atoms with van der Waals surface area (Å²) in [7, 11) is 0. The van der Waals surface area contributed by atoms with E-state index in [1.54, 1.807) is 4.90 Å². The van der Waals surface area contributed by atoms with Crippen molar-refractivity contribution in [2.75, 3.05) is 13.1 Å². The van der Waals surface area contributed by atoms with Gasteiger partial charge in [0.15, 0.2) is 0 Å². The average Bonchev–Trinajstić information content (AvgIpc) is 2.52. The maximum absolute atomic E-state index is 12.1. The van der Waals surface area contributed by atoms with E-state index in [1.807, 2.05) is 26.1 Å². The van der Waals surface area contributed by atoms with E-state index in [9.17, 15) is 4.79 Å². The van der Waals surface area contributed by atoms with Gasteiger partial charge in [0.2, 0.25) is 5.91 Å². The summed E-state index contributed by atoms with van der Waals surface area (Å²) >= 11 is 0. The van der Waals surface area contributed by atoms with Crippen molar-refractivity contribution in [3.63, 3.8) is 0 Å². The third-order valence-electron chi connectivity index (χ3n) is 3.51. The minimum Gasteiger partial charge on any atom is -0.322 e. The largest absolute Gasteiger partial charge is 0.322 e. The molecule has 0 saturated carbocycles. The van der Waals surface area contributed by atoms with Gasteiger partial charge in [0, 0.05) is 12.8 Å². The number of unbranched alkanes of at least 4 members (excludes halogenated alkanes) is 1. The van der Waals surface area contributed by atoms with E-state index in [4.69, 9.17) is 5.73 Å². The topological polar surface area (TPSA) is 58.7 Å². The molecule has 0 fully saturated rings. The van der Waals surface area contributed by atoms with E-state index >= 15 is 0 Å². The molecule has 0 aliphatic heterocycles. The normalized spacial score (nSPS) is 13.5. The zero-order valence-electron chi connectivity index (χ0n) is 14.3. The van der Waals surface area contributed by atoms with Crippen LogP contribution in [0.4, 0.5) is 0 Å². The predicted molar refractivity (Wildman–Crippen MR) is 91.2 cm³/mol. The lowest BCUT2D eigenvalue weighted by atomic mass is 10.2. The number of hydrogen-bond donors (Lipinski definition) is 1. The summed E-state index contributed by atoms with van der Waals surface area (Å²) in [4.78, 5) is 18.5. The van der Waals surface area contributed by atoms with E-state index in [2.05, 4.69) is 25.8 Å². The molecule has 0 bridgehead atoms. The number of carbonyl (C=O) groups is 1. The molecule has 0 rings (SSSR count). The average molecular weight is 293 g/mol. The quantitative estimate of drug-likeness (QED) is 0.660. The van der Waals surface area contributed by atoms with Crippen LogP contribution in [0.3, 0.4) is 0 Å². The number of allylic oxidation sites excluding steroid dienone is 3. The molecule has 21 heavy (non-hydrogen) atoms. The lowest BCUT2D eigenvalue weighted by molar-refractivity contribution is -0.127. The Morgan fingerprint density at radius 2 is 1.90 bits per heavy atom. The van der Waals surface area contributed by atoms with Crippen molar-refractivity contribution < 1.29 is 4.79 Å². The molecule has 0 aliphatic rings. The third kappa shape index (κ3) is 6.71. The highest BCUT2D eigenvalue weighted by molar-refractivity contribution is 5.82. The molecule has 0 atom stereocenters. The van der Waals surface area contributed by atoms with E-state index < -0.39 is 0 Å². The number of aliphatic imine (C=N–C) groups is 1. The van der Waals surface area contributed by atoms with Crippen LogP contribution in [0.5, 0.6) is 0 Å². The van der Waals surface area contributed by atoms with Gasteiger partial charge in [-0.25, -0.2) is 4.99 Å². The highest BCUT2D eigenvalue weighted by Crippen LogP contribution is 2.16. The van der Waals surface area contributed by atoms with Gasteiger partial charge < -0.3 is 5.73 Å². The van der Waals surface area contributed by atoms with Gasteiger partial charge in [-0.05, 0) is 44.3 Å². The minimum absolute atomic E-state index is 0.0178. The van der Waals surface area contributed by atoms with Gasteiger partial charge in [0.05, 0.1) is 6.54 Å². The number of hydrogen-bond acceptors (Lipinski definition) is 3. The van der Waals surface area contributed by atoms with Gasteiger partial charge in [-0.2, -0.15) is 0 Å². The van der Waals surface area contributed by atoms with E-state index in [-0.39, 0.29) is 12.5 Å². The molecule has 120 valence electrons.